The quantitative estimate of drug-likeness (QED) is 0.600. The van der Waals surface area contributed by atoms with Crippen molar-refractivity contribution in [3.8, 4) is 5.75 Å². The summed E-state index contributed by atoms with van der Waals surface area (Å²) in [6, 6.07) is 17.7. The van der Waals surface area contributed by atoms with E-state index in [1.807, 2.05) is 19.1 Å². The van der Waals surface area contributed by atoms with Gasteiger partial charge >= 0.3 is 5.97 Å². The van der Waals surface area contributed by atoms with Crippen molar-refractivity contribution in [1.82, 2.24) is 0 Å². The zero-order valence-electron chi connectivity index (χ0n) is 15.0. The number of halogens is 1. The van der Waals surface area contributed by atoms with Gasteiger partial charge in [0.25, 0.3) is 0 Å². The SMILES string of the molecule is CCOC(CC(=O)O)c1ccc(OCc2ccc(F)c3ccccc23)cc1. The van der Waals surface area contributed by atoms with Crippen molar-refractivity contribution in [2.24, 2.45) is 0 Å². The maximum Gasteiger partial charge on any atom is 0.306 e. The van der Waals surface area contributed by atoms with Crippen molar-refractivity contribution in [2.45, 2.75) is 26.1 Å². The van der Waals surface area contributed by atoms with Crippen LogP contribution in [0.5, 0.6) is 5.75 Å². The number of rotatable bonds is 8. The van der Waals surface area contributed by atoms with Crippen LogP contribution in [0.25, 0.3) is 10.8 Å². The molecular formula is C22H21FO4. The number of carboxylic acid groups (broad SMARTS) is 1. The van der Waals surface area contributed by atoms with Crippen LogP contribution < -0.4 is 4.74 Å². The standard InChI is InChI=1S/C22H21FO4/c1-2-26-21(13-22(24)25)15-7-10-17(11-8-15)27-14-16-9-12-20(23)19-6-4-3-5-18(16)19/h3-12,21H,2,13-14H2,1H3,(H,24,25). The summed E-state index contributed by atoms with van der Waals surface area (Å²) in [7, 11) is 0. The summed E-state index contributed by atoms with van der Waals surface area (Å²) >= 11 is 0. The van der Waals surface area contributed by atoms with Crippen LogP contribution in [0, 0.1) is 5.82 Å². The van der Waals surface area contributed by atoms with Crippen LogP contribution in [0.1, 0.15) is 30.6 Å². The molecule has 0 aliphatic heterocycles. The van der Waals surface area contributed by atoms with Crippen LogP contribution in [0.2, 0.25) is 0 Å². The van der Waals surface area contributed by atoms with Crippen LogP contribution >= 0.6 is 0 Å². The lowest BCUT2D eigenvalue weighted by atomic mass is 10.0. The molecule has 0 saturated carbocycles. The maximum absolute atomic E-state index is 13.9. The zero-order valence-corrected chi connectivity index (χ0v) is 15.0. The summed E-state index contributed by atoms with van der Waals surface area (Å²) < 4.78 is 25.3. The van der Waals surface area contributed by atoms with Gasteiger partial charge in [0.2, 0.25) is 0 Å². The van der Waals surface area contributed by atoms with Gasteiger partial charge in [0, 0.05) is 12.0 Å². The lowest BCUT2D eigenvalue weighted by Crippen LogP contribution is -2.10. The predicted octanol–water partition coefficient (Wildman–Crippen LogP) is 5.11. The summed E-state index contributed by atoms with van der Waals surface area (Å²) in [6.07, 6.45) is -0.571. The Morgan fingerprint density at radius 3 is 2.41 bits per heavy atom. The number of benzene rings is 3. The average molecular weight is 368 g/mol. The zero-order chi connectivity index (χ0) is 19.2. The van der Waals surface area contributed by atoms with Gasteiger partial charge in [-0.15, -0.1) is 0 Å². The Hall–Kier alpha value is -2.92. The third-order valence-electron chi connectivity index (χ3n) is 4.34. The maximum atomic E-state index is 13.9. The predicted molar refractivity (Wildman–Crippen MR) is 101 cm³/mol. The highest BCUT2D eigenvalue weighted by molar-refractivity contribution is 5.86. The minimum absolute atomic E-state index is 0.0877. The molecule has 4 nitrogen and oxygen atoms in total. The molecule has 3 aromatic rings. The number of fused-ring (bicyclic) bond motifs is 1. The Labute approximate surface area is 157 Å². The average Bonchev–Trinajstić information content (AvgIpc) is 2.67. The fourth-order valence-corrected chi connectivity index (χ4v) is 3.02. The van der Waals surface area contributed by atoms with E-state index >= 15 is 0 Å². The van der Waals surface area contributed by atoms with E-state index in [0.717, 1.165) is 16.5 Å². The van der Waals surface area contributed by atoms with E-state index < -0.39 is 12.1 Å². The van der Waals surface area contributed by atoms with Crippen LogP contribution in [-0.2, 0) is 16.1 Å². The first-order valence-electron chi connectivity index (χ1n) is 8.80. The number of aliphatic carboxylic acids is 1. The molecule has 0 aliphatic rings. The van der Waals surface area contributed by atoms with E-state index in [-0.39, 0.29) is 12.2 Å². The van der Waals surface area contributed by atoms with Crippen molar-refractivity contribution < 1.29 is 23.8 Å². The first kappa shape index (κ1) is 18.9. The Balaban J connectivity index is 1.72. The molecular weight excluding hydrogens is 347 g/mol. The Kier molecular flexibility index (Phi) is 6.04. The third kappa shape index (κ3) is 4.63. The Morgan fingerprint density at radius 1 is 1.04 bits per heavy atom. The fraction of sp³-hybridized carbons (Fsp3) is 0.227. The summed E-state index contributed by atoms with van der Waals surface area (Å²) in [5, 5.41) is 10.4. The lowest BCUT2D eigenvalue weighted by Gasteiger charge is -2.16. The second-order valence-electron chi connectivity index (χ2n) is 6.15. The van der Waals surface area contributed by atoms with Crippen molar-refractivity contribution in [1.29, 1.82) is 0 Å². The van der Waals surface area contributed by atoms with E-state index in [9.17, 15) is 9.18 Å². The van der Waals surface area contributed by atoms with E-state index in [0.29, 0.717) is 24.3 Å². The first-order chi connectivity index (χ1) is 13.1. The van der Waals surface area contributed by atoms with Crippen molar-refractivity contribution in [3.63, 3.8) is 0 Å². The van der Waals surface area contributed by atoms with Crippen molar-refractivity contribution in [3.05, 3.63) is 77.6 Å². The van der Waals surface area contributed by atoms with E-state index in [4.69, 9.17) is 14.6 Å². The molecule has 3 aromatic carbocycles. The molecule has 0 amide bonds. The minimum Gasteiger partial charge on any atom is -0.489 e. The lowest BCUT2D eigenvalue weighted by molar-refractivity contribution is -0.140. The third-order valence-corrected chi connectivity index (χ3v) is 4.34. The van der Waals surface area contributed by atoms with Crippen molar-refractivity contribution in [2.75, 3.05) is 6.61 Å². The van der Waals surface area contributed by atoms with Crippen LogP contribution in [0.15, 0.2) is 60.7 Å². The monoisotopic (exact) mass is 368 g/mol. The van der Waals surface area contributed by atoms with Gasteiger partial charge in [0.1, 0.15) is 18.2 Å². The molecule has 1 unspecified atom stereocenters. The molecule has 0 aliphatic carbocycles. The summed E-state index contributed by atoms with van der Waals surface area (Å²) in [5.41, 5.74) is 1.69. The Bertz CT molecular complexity index is 921. The van der Waals surface area contributed by atoms with E-state index in [2.05, 4.69) is 0 Å². The molecule has 0 bridgehead atoms. The molecule has 0 saturated heterocycles. The molecule has 0 aromatic heterocycles. The highest BCUT2D eigenvalue weighted by Gasteiger charge is 2.15. The van der Waals surface area contributed by atoms with Gasteiger partial charge in [-0.25, -0.2) is 4.39 Å². The normalized spacial score (nSPS) is 12.1. The molecule has 0 radical (unpaired) electrons. The van der Waals surface area contributed by atoms with Crippen molar-refractivity contribution >= 4 is 16.7 Å². The van der Waals surface area contributed by atoms with Crippen LogP contribution in [0.3, 0.4) is 0 Å². The molecule has 1 N–H and O–H groups in total. The molecule has 0 spiro atoms. The molecule has 27 heavy (non-hydrogen) atoms. The number of carboxylic acids is 1. The minimum atomic E-state index is -0.906. The fourth-order valence-electron chi connectivity index (χ4n) is 3.02. The molecule has 1 atom stereocenters. The topological polar surface area (TPSA) is 55.8 Å². The molecule has 0 fully saturated rings. The van der Waals surface area contributed by atoms with E-state index in [1.165, 1.54) is 6.07 Å². The molecule has 140 valence electrons. The van der Waals surface area contributed by atoms with Gasteiger partial charge in [-0.1, -0.05) is 42.5 Å². The smallest absolute Gasteiger partial charge is 0.306 e. The second-order valence-corrected chi connectivity index (χ2v) is 6.15. The van der Waals surface area contributed by atoms with Gasteiger partial charge < -0.3 is 14.6 Å². The van der Waals surface area contributed by atoms with Crippen LogP contribution in [-0.4, -0.2) is 17.7 Å². The molecule has 5 heteroatoms. The number of ether oxygens (including phenoxy) is 2. The summed E-state index contributed by atoms with van der Waals surface area (Å²) in [5.74, 6) is -0.506. The highest BCUT2D eigenvalue weighted by atomic mass is 19.1. The summed E-state index contributed by atoms with van der Waals surface area (Å²) in [6.45, 7) is 2.58. The van der Waals surface area contributed by atoms with Gasteiger partial charge in [0.05, 0.1) is 12.5 Å². The number of carbonyl (C=O) groups is 1. The van der Waals surface area contributed by atoms with Gasteiger partial charge in [0.15, 0.2) is 0 Å². The largest absolute Gasteiger partial charge is 0.489 e. The molecule has 0 heterocycles. The van der Waals surface area contributed by atoms with Crippen LogP contribution in [0.4, 0.5) is 4.39 Å². The summed E-state index contributed by atoms with van der Waals surface area (Å²) in [4.78, 5) is 11.0. The molecule has 3 rings (SSSR count). The van der Waals surface area contributed by atoms with Gasteiger partial charge in [-0.05, 0) is 41.6 Å². The Morgan fingerprint density at radius 2 is 1.74 bits per heavy atom. The number of hydrogen-bond acceptors (Lipinski definition) is 3. The highest BCUT2D eigenvalue weighted by Crippen LogP contribution is 2.26. The first-order valence-corrected chi connectivity index (χ1v) is 8.80. The second kappa shape index (κ2) is 8.64. The van der Waals surface area contributed by atoms with Gasteiger partial charge in [-0.2, -0.15) is 0 Å². The van der Waals surface area contributed by atoms with Gasteiger partial charge in [-0.3, -0.25) is 4.79 Å². The van der Waals surface area contributed by atoms with E-state index in [1.54, 1.807) is 42.5 Å². The number of hydrogen-bond donors (Lipinski definition) is 1.